The molecule has 2 heterocycles. The first-order valence-corrected chi connectivity index (χ1v) is 10.9. The Bertz CT molecular complexity index is 1010. The molecule has 0 bridgehead atoms. The topological polar surface area (TPSA) is 79.3 Å². The van der Waals surface area contributed by atoms with Crippen LogP contribution in [0.5, 0.6) is 5.75 Å². The molecule has 1 N–H and O–H groups in total. The molecule has 8 heteroatoms. The van der Waals surface area contributed by atoms with Gasteiger partial charge in [-0.1, -0.05) is 23.7 Å². The molecule has 32 heavy (non-hydrogen) atoms. The zero-order valence-electron chi connectivity index (χ0n) is 17.8. The summed E-state index contributed by atoms with van der Waals surface area (Å²) in [5.41, 5.74) is 1.23. The molecular formula is C24H25ClN2O5. The van der Waals surface area contributed by atoms with E-state index >= 15 is 0 Å². The number of halogens is 1. The number of aliphatic hydroxyl groups excluding tert-OH is 1. The maximum Gasteiger partial charge on any atom is 0.295 e. The summed E-state index contributed by atoms with van der Waals surface area (Å²) in [6.07, 6.45) is 0. The Morgan fingerprint density at radius 3 is 2.34 bits per heavy atom. The maximum atomic E-state index is 13.1. The molecule has 2 aliphatic rings. The Kier molecular flexibility index (Phi) is 6.79. The SMILES string of the molecule is COc1ccc([C@@H]2/C(=C(\O)c3ccc(Cl)cc3)C(=O)C(=O)N2CCN2CCOCC2)cc1. The van der Waals surface area contributed by atoms with E-state index in [0.717, 1.165) is 18.7 Å². The van der Waals surface area contributed by atoms with Crippen molar-refractivity contribution in [3.8, 4) is 5.75 Å². The van der Waals surface area contributed by atoms with E-state index in [4.69, 9.17) is 21.1 Å². The first-order valence-electron chi connectivity index (χ1n) is 10.5. The van der Waals surface area contributed by atoms with E-state index in [-0.39, 0.29) is 11.3 Å². The number of amides is 1. The number of hydrogen-bond acceptors (Lipinski definition) is 6. The number of carbonyl (C=O) groups is 2. The average Bonchev–Trinajstić information content (AvgIpc) is 3.08. The highest BCUT2D eigenvalue weighted by Gasteiger charge is 2.46. The summed E-state index contributed by atoms with van der Waals surface area (Å²) in [5, 5.41) is 11.6. The van der Waals surface area contributed by atoms with Gasteiger partial charge in [-0.15, -0.1) is 0 Å². The number of nitrogens with zero attached hydrogens (tertiary/aromatic N) is 2. The Hall–Kier alpha value is -2.87. The van der Waals surface area contributed by atoms with Gasteiger partial charge in [0.05, 0.1) is 31.9 Å². The minimum absolute atomic E-state index is 0.0736. The number of hydrogen-bond donors (Lipinski definition) is 1. The third-order valence-electron chi connectivity index (χ3n) is 5.85. The van der Waals surface area contributed by atoms with Crippen LogP contribution in [0.1, 0.15) is 17.2 Å². The molecular weight excluding hydrogens is 432 g/mol. The number of aliphatic hydroxyl groups is 1. The first-order chi connectivity index (χ1) is 15.5. The highest BCUT2D eigenvalue weighted by Crippen LogP contribution is 2.39. The van der Waals surface area contributed by atoms with Gasteiger partial charge in [0, 0.05) is 36.8 Å². The Morgan fingerprint density at radius 2 is 1.72 bits per heavy atom. The van der Waals surface area contributed by atoms with Gasteiger partial charge in [0.25, 0.3) is 11.7 Å². The van der Waals surface area contributed by atoms with Crippen LogP contribution >= 0.6 is 11.6 Å². The van der Waals surface area contributed by atoms with Gasteiger partial charge in [0.15, 0.2) is 0 Å². The summed E-state index contributed by atoms with van der Waals surface area (Å²) in [7, 11) is 1.57. The minimum Gasteiger partial charge on any atom is -0.507 e. The number of methoxy groups -OCH3 is 1. The Labute approximate surface area is 191 Å². The molecule has 0 aliphatic carbocycles. The van der Waals surface area contributed by atoms with Crippen LogP contribution in [-0.2, 0) is 14.3 Å². The molecule has 7 nitrogen and oxygen atoms in total. The van der Waals surface area contributed by atoms with Crippen molar-refractivity contribution in [2.75, 3.05) is 46.5 Å². The molecule has 0 aromatic heterocycles. The average molecular weight is 457 g/mol. The van der Waals surface area contributed by atoms with Gasteiger partial charge in [-0.05, 0) is 42.0 Å². The van der Waals surface area contributed by atoms with Gasteiger partial charge >= 0.3 is 0 Å². The molecule has 2 fully saturated rings. The number of morpholine rings is 1. The molecule has 4 rings (SSSR count). The van der Waals surface area contributed by atoms with E-state index < -0.39 is 17.7 Å². The largest absolute Gasteiger partial charge is 0.507 e. The second kappa shape index (κ2) is 9.73. The van der Waals surface area contributed by atoms with Crippen molar-refractivity contribution < 1.29 is 24.2 Å². The lowest BCUT2D eigenvalue weighted by Crippen LogP contribution is -2.42. The first kappa shape index (κ1) is 22.3. The summed E-state index contributed by atoms with van der Waals surface area (Å²) in [4.78, 5) is 29.8. The van der Waals surface area contributed by atoms with Gasteiger partial charge in [0.1, 0.15) is 11.5 Å². The van der Waals surface area contributed by atoms with E-state index in [1.165, 1.54) is 0 Å². The van der Waals surface area contributed by atoms with Gasteiger partial charge in [-0.25, -0.2) is 0 Å². The molecule has 2 aromatic carbocycles. The number of benzene rings is 2. The molecule has 1 amide bonds. The summed E-state index contributed by atoms with van der Waals surface area (Å²) in [6, 6.07) is 13.0. The lowest BCUT2D eigenvalue weighted by atomic mass is 9.95. The van der Waals surface area contributed by atoms with Crippen LogP contribution in [0.4, 0.5) is 0 Å². The van der Waals surface area contributed by atoms with Crippen LogP contribution in [0.3, 0.4) is 0 Å². The van der Waals surface area contributed by atoms with Crippen LogP contribution in [0, 0.1) is 0 Å². The van der Waals surface area contributed by atoms with Crippen molar-refractivity contribution in [2.24, 2.45) is 0 Å². The zero-order valence-corrected chi connectivity index (χ0v) is 18.5. The van der Waals surface area contributed by atoms with Crippen molar-refractivity contribution >= 4 is 29.1 Å². The minimum atomic E-state index is -0.697. The molecule has 2 aliphatic heterocycles. The van der Waals surface area contributed by atoms with Crippen LogP contribution < -0.4 is 4.74 Å². The van der Waals surface area contributed by atoms with Crippen molar-refractivity contribution in [1.82, 2.24) is 9.80 Å². The molecule has 2 aromatic rings. The molecule has 0 unspecified atom stereocenters. The van der Waals surface area contributed by atoms with E-state index in [1.54, 1.807) is 48.4 Å². The summed E-state index contributed by atoms with van der Waals surface area (Å²) in [5.74, 6) is -0.860. The van der Waals surface area contributed by atoms with Crippen LogP contribution in [0.25, 0.3) is 5.76 Å². The van der Waals surface area contributed by atoms with Gasteiger partial charge in [-0.3, -0.25) is 14.5 Å². The summed E-state index contributed by atoms with van der Waals surface area (Å²) in [6.45, 7) is 3.83. The van der Waals surface area contributed by atoms with Gasteiger partial charge in [0.2, 0.25) is 0 Å². The molecule has 1 atom stereocenters. The number of ketones is 1. The summed E-state index contributed by atoms with van der Waals surface area (Å²) >= 11 is 5.97. The van der Waals surface area contributed by atoms with Gasteiger partial charge < -0.3 is 19.5 Å². The lowest BCUT2D eigenvalue weighted by molar-refractivity contribution is -0.140. The maximum absolute atomic E-state index is 13.1. The van der Waals surface area contributed by atoms with Crippen molar-refractivity contribution in [1.29, 1.82) is 0 Å². The molecule has 0 saturated carbocycles. The number of likely N-dealkylation sites (tertiary alicyclic amines) is 1. The highest BCUT2D eigenvalue weighted by atomic mass is 35.5. The van der Waals surface area contributed by atoms with Gasteiger partial charge in [-0.2, -0.15) is 0 Å². The van der Waals surface area contributed by atoms with Crippen molar-refractivity contribution in [3.05, 3.63) is 70.3 Å². The lowest BCUT2D eigenvalue weighted by Gasteiger charge is -2.31. The van der Waals surface area contributed by atoms with Crippen LogP contribution in [-0.4, -0.2) is 73.1 Å². The van der Waals surface area contributed by atoms with E-state index in [0.29, 0.717) is 42.6 Å². The molecule has 2 saturated heterocycles. The fourth-order valence-corrected chi connectivity index (χ4v) is 4.21. The fourth-order valence-electron chi connectivity index (χ4n) is 4.08. The van der Waals surface area contributed by atoms with Crippen molar-refractivity contribution in [2.45, 2.75) is 6.04 Å². The predicted octanol–water partition coefficient (Wildman–Crippen LogP) is 3.10. The number of carbonyl (C=O) groups excluding carboxylic acids is 2. The highest BCUT2D eigenvalue weighted by molar-refractivity contribution is 6.46. The third-order valence-corrected chi connectivity index (χ3v) is 6.10. The number of rotatable bonds is 6. The monoisotopic (exact) mass is 456 g/mol. The normalized spacial score (nSPS) is 21.2. The quantitative estimate of drug-likeness (QED) is 0.409. The predicted molar refractivity (Wildman–Crippen MR) is 121 cm³/mol. The standard InChI is InChI=1S/C24H25ClN2O5/c1-31-19-8-4-16(5-9-19)21-20(22(28)17-2-6-18(25)7-3-17)23(29)24(30)27(21)11-10-26-12-14-32-15-13-26/h2-9,21,28H,10-15H2,1H3/b22-20+/t21-/m1/s1. The smallest absolute Gasteiger partial charge is 0.295 e. The second-order valence-electron chi connectivity index (χ2n) is 7.73. The Morgan fingerprint density at radius 1 is 1.06 bits per heavy atom. The molecule has 0 spiro atoms. The van der Waals surface area contributed by atoms with E-state index in [2.05, 4.69) is 4.90 Å². The van der Waals surface area contributed by atoms with Crippen molar-refractivity contribution in [3.63, 3.8) is 0 Å². The number of Topliss-reactive ketones (excluding diaryl/α,β-unsaturated/α-hetero) is 1. The third kappa shape index (κ3) is 4.50. The van der Waals surface area contributed by atoms with E-state index in [9.17, 15) is 14.7 Å². The molecule has 0 radical (unpaired) electrons. The van der Waals surface area contributed by atoms with Crippen LogP contribution in [0.2, 0.25) is 5.02 Å². The summed E-state index contributed by atoms with van der Waals surface area (Å²) < 4.78 is 10.6. The Balaban J connectivity index is 1.72. The fraction of sp³-hybridized carbons (Fsp3) is 0.333. The molecule has 168 valence electrons. The second-order valence-corrected chi connectivity index (χ2v) is 8.16. The number of ether oxygens (including phenoxy) is 2. The van der Waals surface area contributed by atoms with Crippen LogP contribution in [0.15, 0.2) is 54.1 Å². The zero-order chi connectivity index (χ0) is 22.7. The van der Waals surface area contributed by atoms with E-state index in [1.807, 2.05) is 12.1 Å².